The highest BCUT2D eigenvalue weighted by atomic mass is 35.5. The first kappa shape index (κ1) is 9.64. The van der Waals surface area contributed by atoms with Crippen LogP contribution in [0.5, 0.6) is 0 Å². The van der Waals surface area contributed by atoms with Gasteiger partial charge in [-0.25, -0.2) is 0 Å². The fraction of sp³-hybridized carbons (Fsp3) is 0.500. The van der Waals surface area contributed by atoms with Crippen molar-refractivity contribution in [1.29, 1.82) is 0 Å². The quantitative estimate of drug-likeness (QED) is 0.729. The lowest BCUT2D eigenvalue weighted by molar-refractivity contribution is -0.00674. The van der Waals surface area contributed by atoms with Gasteiger partial charge in [0, 0.05) is 17.5 Å². The van der Waals surface area contributed by atoms with Crippen LogP contribution >= 0.6 is 11.6 Å². The third kappa shape index (κ3) is 1.57. The molecule has 2 nitrogen and oxygen atoms in total. The van der Waals surface area contributed by atoms with Crippen LogP contribution in [0.15, 0.2) is 18.2 Å². The first-order chi connectivity index (χ1) is 7.36. The Morgan fingerprint density at radius 3 is 3.27 bits per heavy atom. The number of nitrogens with one attached hydrogen (secondary N) is 1. The van der Waals surface area contributed by atoms with E-state index in [0.29, 0.717) is 18.6 Å². The van der Waals surface area contributed by atoms with Crippen LogP contribution in [0.3, 0.4) is 0 Å². The predicted octanol–water partition coefficient (Wildman–Crippen LogP) is 2.32. The molecule has 1 aromatic rings. The number of rotatable bonds is 0. The van der Waals surface area contributed by atoms with Crippen LogP contribution in [0, 0.1) is 0 Å². The van der Waals surface area contributed by atoms with Gasteiger partial charge >= 0.3 is 0 Å². The number of ether oxygens (including phenoxy) is 1. The lowest BCUT2D eigenvalue weighted by Crippen LogP contribution is -2.42. The zero-order chi connectivity index (χ0) is 10.3. The molecule has 0 radical (unpaired) electrons. The first-order valence-corrected chi connectivity index (χ1v) is 5.83. The zero-order valence-corrected chi connectivity index (χ0v) is 9.26. The van der Waals surface area contributed by atoms with Crippen molar-refractivity contribution >= 4 is 11.6 Å². The van der Waals surface area contributed by atoms with Crippen LogP contribution in [-0.4, -0.2) is 19.2 Å². The highest BCUT2D eigenvalue weighted by molar-refractivity contribution is 6.31. The third-order valence-corrected chi connectivity index (χ3v) is 3.77. The summed E-state index contributed by atoms with van der Waals surface area (Å²) in [5, 5.41) is 4.27. The summed E-state index contributed by atoms with van der Waals surface area (Å²) in [5.41, 5.74) is 2.56. The van der Waals surface area contributed by atoms with Gasteiger partial charge in [0.05, 0.1) is 12.7 Å². The normalized spacial score (nSPS) is 29.4. The highest BCUT2D eigenvalue weighted by Crippen LogP contribution is 2.37. The molecule has 15 heavy (non-hydrogen) atoms. The summed E-state index contributed by atoms with van der Waals surface area (Å²) in [7, 11) is 0. The minimum Gasteiger partial charge on any atom is -0.373 e. The molecule has 3 rings (SSSR count). The fourth-order valence-corrected chi connectivity index (χ4v) is 2.85. The first-order valence-electron chi connectivity index (χ1n) is 5.46. The summed E-state index contributed by atoms with van der Waals surface area (Å²) >= 11 is 6.17. The molecule has 2 unspecified atom stereocenters. The molecule has 2 atom stereocenters. The van der Waals surface area contributed by atoms with Gasteiger partial charge in [0.15, 0.2) is 0 Å². The third-order valence-electron chi connectivity index (χ3n) is 3.41. The van der Waals surface area contributed by atoms with Crippen molar-refractivity contribution in [3.8, 4) is 0 Å². The average Bonchev–Trinajstić information content (AvgIpc) is 2.29. The molecule has 1 fully saturated rings. The Hall–Kier alpha value is -0.570. The summed E-state index contributed by atoms with van der Waals surface area (Å²) in [5.74, 6) is 0.487. The fourth-order valence-electron chi connectivity index (χ4n) is 2.61. The molecule has 2 aliphatic heterocycles. The van der Waals surface area contributed by atoms with Crippen molar-refractivity contribution in [3.63, 3.8) is 0 Å². The lowest BCUT2D eigenvalue weighted by atomic mass is 9.84. The van der Waals surface area contributed by atoms with E-state index in [1.165, 1.54) is 11.1 Å². The van der Waals surface area contributed by atoms with Crippen molar-refractivity contribution < 1.29 is 4.74 Å². The molecule has 1 N–H and O–H groups in total. The van der Waals surface area contributed by atoms with Crippen molar-refractivity contribution in [2.75, 3.05) is 13.1 Å². The average molecular weight is 224 g/mol. The van der Waals surface area contributed by atoms with Gasteiger partial charge in [-0.15, -0.1) is 0 Å². The number of hydrogen-bond acceptors (Lipinski definition) is 2. The maximum absolute atomic E-state index is 6.17. The Bertz CT molecular complexity index is 380. The van der Waals surface area contributed by atoms with Crippen LogP contribution in [0.2, 0.25) is 5.02 Å². The predicted molar refractivity (Wildman–Crippen MR) is 60.3 cm³/mol. The van der Waals surface area contributed by atoms with Crippen LogP contribution < -0.4 is 5.32 Å². The second-order valence-corrected chi connectivity index (χ2v) is 4.66. The van der Waals surface area contributed by atoms with Gasteiger partial charge < -0.3 is 10.1 Å². The largest absolute Gasteiger partial charge is 0.373 e. The number of benzene rings is 1. The SMILES string of the molecule is Clc1cccc2c1COC1CCNCC21. The van der Waals surface area contributed by atoms with Crippen LogP contribution in [0.25, 0.3) is 0 Å². The Morgan fingerprint density at radius 1 is 1.40 bits per heavy atom. The van der Waals surface area contributed by atoms with E-state index in [0.717, 1.165) is 24.5 Å². The lowest BCUT2D eigenvalue weighted by Gasteiger charge is -2.37. The second kappa shape index (κ2) is 3.78. The Kier molecular flexibility index (Phi) is 2.43. The Morgan fingerprint density at radius 2 is 2.33 bits per heavy atom. The molecule has 0 amide bonds. The number of fused-ring (bicyclic) bond motifs is 3. The van der Waals surface area contributed by atoms with Gasteiger partial charge in [-0.1, -0.05) is 23.7 Å². The zero-order valence-electron chi connectivity index (χ0n) is 8.50. The van der Waals surface area contributed by atoms with Crippen LogP contribution in [-0.2, 0) is 11.3 Å². The Balaban J connectivity index is 2.03. The molecule has 2 aliphatic rings. The van der Waals surface area contributed by atoms with Gasteiger partial charge in [0.1, 0.15) is 0 Å². The molecule has 0 bridgehead atoms. The van der Waals surface area contributed by atoms with E-state index in [-0.39, 0.29) is 0 Å². The molecule has 80 valence electrons. The van der Waals surface area contributed by atoms with E-state index in [2.05, 4.69) is 11.4 Å². The van der Waals surface area contributed by atoms with Gasteiger partial charge in [0.2, 0.25) is 0 Å². The highest BCUT2D eigenvalue weighted by Gasteiger charge is 2.32. The molecule has 0 aromatic heterocycles. The van der Waals surface area contributed by atoms with Gasteiger partial charge in [-0.05, 0) is 30.2 Å². The summed E-state index contributed by atoms with van der Waals surface area (Å²) in [4.78, 5) is 0. The minimum absolute atomic E-state index is 0.386. The summed E-state index contributed by atoms with van der Waals surface area (Å²) in [6, 6.07) is 6.17. The van der Waals surface area contributed by atoms with Gasteiger partial charge in [0.25, 0.3) is 0 Å². The van der Waals surface area contributed by atoms with Crippen molar-refractivity contribution in [2.24, 2.45) is 0 Å². The molecule has 1 aromatic carbocycles. The van der Waals surface area contributed by atoms with Crippen molar-refractivity contribution in [2.45, 2.75) is 25.0 Å². The number of piperidine rings is 1. The molecule has 0 aliphatic carbocycles. The molecular weight excluding hydrogens is 210 g/mol. The smallest absolute Gasteiger partial charge is 0.0738 e. The monoisotopic (exact) mass is 223 g/mol. The van der Waals surface area contributed by atoms with Crippen molar-refractivity contribution in [1.82, 2.24) is 5.32 Å². The van der Waals surface area contributed by atoms with E-state index >= 15 is 0 Å². The van der Waals surface area contributed by atoms with Gasteiger partial charge in [-0.3, -0.25) is 0 Å². The molecule has 2 heterocycles. The van der Waals surface area contributed by atoms with E-state index in [1.807, 2.05) is 12.1 Å². The van der Waals surface area contributed by atoms with E-state index in [1.54, 1.807) is 0 Å². The summed E-state index contributed by atoms with van der Waals surface area (Å²) in [6.07, 6.45) is 1.49. The maximum Gasteiger partial charge on any atom is 0.0738 e. The van der Waals surface area contributed by atoms with Crippen LogP contribution in [0.1, 0.15) is 23.5 Å². The van der Waals surface area contributed by atoms with Crippen molar-refractivity contribution in [3.05, 3.63) is 34.3 Å². The summed E-state index contributed by atoms with van der Waals surface area (Å²) in [6.45, 7) is 2.76. The van der Waals surface area contributed by atoms with E-state index in [4.69, 9.17) is 16.3 Å². The minimum atomic E-state index is 0.386. The van der Waals surface area contributed by atoms with E-state index in [9.17, 15) is 0 Å². The molecule has 3 heteroatoms. The topological polar surface area (TPSA) is 21.3 Å². The van der Waals surface area contributed by atoms with Crippen LogP contribution in [0.4, 0.5) is 0 Å². The molecular formula is C12H14ClNO. The molecule has 0 spiro atoms. The maximum atomic E-state index is 6.17. The standard InChI is InChI=1S/C12H14ClNO/c13-11-3-1-2-8-9-6-14-5-4-12(9)15-7-10(8)11/h1-3,9,12,14H,4-7H2. The summed E-state index contributed by atoms with van der Waals surface area (Å²) < 4.78 is 5.86. The molecule has 1 saturated heterocycles. The number of hydrogen-bond donors (Lipinski definition) is 1. The molecule has 0 saturated carbocycles. The number of halogens is 1. The van der Waals surface area contributed by atoms with E-state index < -0.39 is 0 Å². The van der Waals surface area contributed by atoms with Gasteiger partial charge in [-0.2, -0.15) is 0 Å². The second-order valence-electron chi connectivity index (χ2n) is 4.26. The Labute approximate surface area is 94.6 Å².